The molecule has 0 atom stereocenters. The van der Waals surface area contributed by atoms with Gasteiger partial charge in [0.2, 0.25) is 0 Å². The lowest BCUT2D eigenvalue weighted by molar-refractivity contribution is 0.147. The molecule has 0 spiro atoms. The van der Waals surface area contributed by atoms with Crippen LogP contribution in [0.3, 0.4) is 0 Å². The van der Waals surface area contributed by atoms with Crippen molar-refractivity contribution in [3.8, 4) is 5.75 Å². The zero-order valence-electron chi connectivity index (χ0n) is 13.2. The summed E-state index contributed by atoms with van der Waals surface area (Å²) < 4.78 is 5.76. The van der Waals surface area contributed by atoms with E-state index < -0.39 is 0 Å². The van der Waals surface area contributed by atoms with Crippen LogP contribution in [0.4, 0.5) is 0 Å². The standard InChI is InChI=1S/C17H27ClN2O/c1-19(2)9-6-15-7-10-20(11-8-15)12-13-21-17-5-3-4-16(18)14-17/h3-5,14-15H,6-13H2,1-2H3. The highest BCUT2D eigenvalue weighted by molar-refractivity contribution is 6.30. The zero-order valence-corrected chi connectivity index (χ0v) is 14.0. The molecule has 1 aromatic carbocycles. The van der Waals surface area contributed by atoms with E-state index in [2.05, 4.69) is 23.9 Å². The first-order valence-electron chi connectivity index (χ1n) is 7.89. The second-order valence-corrected chi connectivity index (χ2v) is 6.62. The topological polar surface area (TPSA) is 15.7 Å². The van der Waals surface area contributed by atoms with E-state index in [1.165, 1.54) is 38.9 Å². The van der Waals surface area contributed by atoms with Crippen LogP contribution in [0.2, 0.25) is 5.02 Å². The molecule has 1 aromatic rings. The summed E-state index contributed by atoms with van der Waals surface area (Å²) in [5.41, 5.74) is 0. The van der Waals surface area contributed by atoms with Crippen LogP contribution >= 0.6 is 11.6 Å². The maximum absolute atomic E-state index is 5.95. The van der Waals surface area contributed by atoms with Gasteiger partial charge in [-0.1, -0.05) is 17.7 Å². The van der Waals surface area contributed by atoms with Crippen molar-refractivity contribution in [2.75, 3.05) is 46.9 Å². The van der Waals surface area contributed by atoms with Gasteiger partial charge in [0.15, 0.2) is 0 Å². The lowest BCUT2D eigenvalue weighted by Crippen LogP contribution is -2.37. The van der Waals surface area contributed by atoms with E-state index in [1.54, 1.807) is 0 Å². The van der Waals surface area contributed by atoms with Gasteiger partial charge in [-0.2, -0.15) is 0 Å². The molecule has 21 heavy (non-hydrogen) atoms. The van der Waals surface area contributed by atoms with Crippen molar-refractivity contribution < 1.29 is 4.74 Å². The number of likely N-dealkylation sites (tertiary alicyclic amines) is 1. The normalized spacial score (nSPS) is 17.3. The van der Waals surface area contributed by atoms with Gasteiger partial charge >= 0.3 is 0 Å². The average Bonchev–Trinajstić information content (AvgIpc) is 2.46. The van der Waals surface area contributed by atoms with Crippen LogP contribution in [0.25, 0.3) is 0 Å². The number of benzene rings is 1. The van der Waals surface area contributed by atoms with Crippen molar-refractivity contribution in [2.24, 2.45) is 5.92 Å². The number of piperidine rings is 1. The summed E-state index contributed by atoms with van der Waals surface area (Å²) >= 11 is 5.95. The Morgan fingerprint density at radius 1 is 1.29 bits per heavy atom. The van der Waals surface area contributed by atoms with Crippen LogP contribution < -0.4 is 4.74 Å². The molecule has 0 amide bonds. The third-order valence-electron chi connectivity index (χ3n) is 4.16. The second kappa shape index (κ2) is 8.62. The molecule has 0 bridgehead atoms. The molecule has 1 fully saturated rings. The predicted octanol–water partition coefficient (Wildman–Crippen LogP) is 3.38. The van der Waals surface area contributed by atoms with Crippen molar-refractivity contribution in [1.82, 2.24) is 9.80 Å². The summed E-state index contributed by atoms with van der Waals surface area (Å²) in [4.78, 5) is 4.79. The van der Waals surface area contributed by atoms with E-state index >= 15 is 0 Å². The fourth-order valence-corrected chi connectivity index (χ4v) is 2.97. The summed E-state index contributed by atoms with van der Waals surface area (Å²) in [6.45, 7) is 5.37. The van der Waals surface area contributed by atoms with Crippen LogP contribution in [0.1, 0.15) is 19.3 Å². The molecule has 3 nitrogen and oxygen atoms in total. The smallest absolute Gasteiger partial charge is 0.120 e. The Labute approximate surface area is 133 Å². The van der Waals surface area contributed by atoms with E-state index in [0.717, 1.165) is 29.8 Å². The molecular formula is C17H27ClN2O. The van der Waals surface area contributed by atoms with Gasteiger partial charge in [-0.05, 0) is 77.1 Å². The van der Waals surface area contributed by atoms with Gasteiger partial charge in [0.05, 0.1) is 0 Å². The first kappa shape index (κ1) is 16.6. The van der Waals surface area contributed by atoms with Gasteiger partial charge in [-0.15, -0.1) is 0 Å². The first-order chi connectivity index (χ1) is 10.1. The Hall–Kier alpha value is -0.770. The summed E-state index contributed by atoms with van der Waals surface area (Å²) in [7, 11) is 4.31. The first-order valence-corrected chi connectivity index (χ1v) is 8.27. The van der Waals surface area contributed by atoms with Crippen LogP contribution in [0.15, 0.2) is 24.3 Å². The molecule has 1 heterocycles. The number of nitrogens with zero attached hydrogens (tertiary/aromatic N) is 2. The van der Waals surface area contributed by atoms with Gasteiger partial charge in [-0.3, -0.25) is 4.90 Å². The Bertz CT molecular complexity index is 417. The SMILES string of the molecule is CN(C)CCC1CCN(CCOc2cccc(Cl)c2)CC1. The number of ether oxygens (including phenoxy) is 1. The highest BCUT2D eigenvalue weighted by Gasteiger charge is 2.18. The molecule has 2 rings (SSSR count). The summed E-state index contributed by atoms with van der Waals surface area (Å²) in [5, 5.41) is 0.731. The van der Waals surface area contributed by atoms with Gasteiger partial charge in [0.1, 0.15) is 12.4 Å². The largest absolute Gasteiger partial charge is 0.492 e. The minimum absolute atomic E-state index is 0.731. The third kappa shape index (κ3) is 6.25. The molecule has 0 N–H and O–H groups in total. The maximum atomic E-state index is 5.95. The number of halogens is 1. The van der Waals surface area contributed by atoms with E-state index in [1.807, 2.05) is 24.3 Å². The van der Waals surface area contributed by atoms with Gasteiger partial charge in [-0.25, -0.2) is 0 Å². The van der Waals surface area contributed by atoms with Crippen LogP contribution in [0, 0.1) is 5.92 Å². The quantitative estimate of drug-likeness (QED) is 0.768. The van der Waals surface area contributed by atoms with Crippen molar-refractivity contribution in [1.29, 1.82) is 0 Å². The molecule has 1 aliphatic heterocycles. The molecule has 4 heteroatoms. The molecule has 1 saturated heterocycles. The Morgan fingerprint density at radius 2 is 2.05 bits per heavy atom. The monoisotopic (exact) mass is 310 g/mol. The van der Waals surface area contributed by atoms with Crippen molar-refractivity contribution >= 4 is 11.6 Å². The van der Waals surface area contributed by atoms with Gasteiger partial charge in [0.25, 0.3) is 0 Å². The summed E-state index contributed by atoms with van der Waals surface area (Å²) in [6.07, 6.45) is 3.98. The second-order valence-electron chi connectivity index (χ2n) is 6.18. The molecule has 118 valence electrons. The van der Waals surface area contributed by atoms with Gasteiger partial charge in [0, 0.05) is 11.6 Å². The van der Waals surface area contributed by atoms with Crippen molar-refractivity contribution in [2.45, 2.75) is 19.3 Å². The number of hydrogen-bond acceptors (Lipinski definition) is 3. The maximum Gasteiger partial charge on any atom is 0.120 e. The molecule has 0 aromatic heterocycles. The van der Waals surface area contributed by atoms with E-state index in [0.29, 0.717) is 0 Å². The molecule has 1 aliphatic rings. The fourth-order valence-electron chi connectivity index (χ4n) is 2.79. The minimum atomic E-state index is 0.731. The lowest BCUT2D eigenvalue weighted by atomic mass is 9.93. The van der Waals surface area contributed by atoms with Crippen LogP contribution in [-0.2, 0) is 0 Å². The van der Waals surface area contributed by atoms with Crippen molar-refractivity contribution in [3.05, 3.63) is 29.3 Å². The number of rotatable bonds is 7. The van der Waals surface area contributed by atoms with Gasteiger partial charge < -0.3 is 9.64 Å². The Balaban J connectivity index is 1.60. The molecule has 0 saturated carbocycles. The van der Waals surface area contributed by atoms with Crippen LogP contribution in [-0.4, -0.2) is 56.7 Å². The zero-order chi connectivity index (χ0) is 15.1. The summed E-state index contributed by atoms with van der Waals surface area (Å²) in [6, 6.07) is 7.62. The molecule has 0 unspecified atom stereocenters. The molecule has 0 radical (unpaired) electrons. The molecule has 0 aliphatic carbocycles. The Kier molecular flexibility index (Phi) is 6.81. The molecular weight excluding hydrogens is 284 g/mol. The third-order valence-corrected chi connectivity index (χ3v) is 4.40. The minimum Gasteiger partial charge on any atom is -0.492 e. The van der Waals surface area contributed by atoms with E-state index in [4.69, 9.17) is 16.3 Å². The average molecular weight is 311 g/mol. The predicted molar refractivity (Wildman–Crippen MR) is 89.3 cm³/mol. The lowest BCUT2D eigenvalue weighted by Gasteiger charge is -2.32. The van der Waals surface area contributed by atoms with E-state index in [-0.39, 0.29) is 0 Å². The highest BCUT2D eigenvalue weighted by Crippen LogP contribution is 2.21. The fraction of sp³-hybridized carbons (Fsp3) is 0.647. The summed E-state index contributed by atoms with van der Waals surface area (Å²) in [5.74, 6) is 1.76. The van der Waals surface area contributed by atoms with Crippen LogP contribution in [0.5, 0.6) is 5.75 Å². The Morgan fingerprint density at radius 3 is 2.71 bits per heavy atom. The van der Waals surface area contributed by atoms with E-state index in [9.17, 15) is 0 Å². The highest BCUT2D eigenvalue weighted by atomic mass is 35.5. The van der Waals surface area contributed by atoms with Crippen molar-refractivity contribution in [3.63, 3.8) is 0 Å². The number of hydrogen-bond donors (Lipinski definition) is 0.